The second-order valence-corrected chi connectivity index (χ2v) is 4.93. The molecule has 0 N–H and O–H groups in total. The first-order valence-corrected chi connectivity index (χ1v) is 5.74. The lowest BCUT2D eigenvalue weighted by Gasteiger charge is -2.09. The van der Waals surface area contributed by atoms with Crippen LogP contribution in [-0.4, -0.2) is 10.8 Å². The summed E-state index contributed by atoms with van der Waals surface area (Å²) in [6.45, 7) is 0. The van der Waals surface area contributed by atoms with Gasteiger partial charge < -0.3 is 0 Å². The number of ketones is 1. The first kappa shape index (κ1) is 9.08. The van der Waals surface area contributed by atoms with Gasteiger partial charge in [0.1, 0.15) is 5.78 Å². The van der Waals surface area contributed by atoms with Crippen molar-refractivity contribution in [3.63, 3.8) is 0 Å². The van der Waals surface area contributed by atoms with Crippen LogP contribution in [0.1, 0.15) is 24.8 Å². The molecule has 2 atom stereocenters. The molecule has 2 fully saturated rings. The molecule has 0 amide bonds. The molecule has 0 spiro atoms. The highest BCUT2D eigenvalue weighted by Crippen LogP contribution is 2.54. The maximum Gasteiger partial charge on any atom is 0.140 e. The Kier molecular flexibility index (Phi) is 2.08. The molecule has 1 aromatic heterocycles. The van der Waals surface area contributed by atoms with Crippen LogP contribution in [0.3, 0.4) is 0 Å². The first-order chi connectivity index (χ1) is 7.33. The lowest BCUT2D eigenvalue weighted by molar-refractivity contribution is -0.122. The van der Waals surface area contributed by atoms with Gasteiger partial charge >= 0.3 is 0 Å². The Morgan fingerprint density at radius 2 is 2.13 bits per heavy atom. The molecule has 0 radical (unpaired) electrons. The number of pyridine rings is 1. The number of carbonyl (C=O) groups excluding carboxylic acids is 1. The Hall–Kier alpha value is -1.18. The fraction of sp³-hybridized carbons (Fsp3) is 0.538. The van der Waals surface area contributed by atoms with Gasteiger partial charge in [0, 0.05) is 24.7 Å². The molecule has 0 aromatic carbocycles. The Labute approximate surface area is 89.7 Å². The molecule has 1 heterocycles. The van der Waals surface area contributed by atoms with Crippen molar-refractivity contribution >= 4 is 5.78 Å². The third-order valence-corrected chi connectivity index (χ3v) is 3.80. The van der Waals surface area contributed by atoms with Crippen molar-refractivity contribution in [3.05, 3.63) is 30.1 Å². The Morgan fingerprint density at radius 3 is 2.80 bits per heavy atom. The highest BCUT2D eigenvalue weighted by Gasteiger charge is 2.47. The third-order valence-electron chi connectivity index (χ3n) is 3.80. The van der Waals surface area contributed by atoms with Crippen LogP contribution in [0.5, 0.6) is 0 Å². The van der Waals surface area contributed by atoms with E-state index in [0.29, 0.717) is 18.1 Å². The van der Waals surface area contributed by atoms with Crippen LogP contribution >= 0.6 is 0 Å². The van der Waals surface area contributed by atoms with Crippen molar-refractivity contribution in [2.24, 2.45) is 17.8 Å². The van der Waals surface area contributed by atoms with E-state index in [1.807, 2.05) is 12.1 Å². The van der Waals surface area contributed by atoms with Crippen molar-refractivity contribution in [2.45, 2.75) is 25.7 Å². The Bertz CT molecular complexity index is 363. The number of carbonyl (C=O) groups is 1. The van der Waals surface area contributed by atoms with Crippen molar-refractivity contribution in [3.8, 4) is 0 Å². The normalized spacial score (nSPS) is 32.4. The van der Waals surface area contributed by atoms with Gasteiger partial charge in [0.05, 0.1) is 0 Å². The third kappa shape index (κ3) is 1.81. The summed E-state index contributed by atoms with van der Waals surface area (Å²) >= 11 is 0. The van der Waals surface area contributed by atoms with Gasteiger partial charge in [-0.15, -0.1) is 0 Å². The first-order valence-electron chi connectivity index (χ1n) is 5.74. The maximum absolute atomic E-state index is 12.0. The summed E-state index contributed by atoms with van der Waals surface area (Å²) in [7, 11) is 0. The Morgan fingerprint density at radius 1 is 1.33 bits per heavy atom. The number of hydrogen-bond donors (Lipinski definition) is 0. The standard InChI is InChI=1S/C13H15NO/c15-13(4-9-2-1-3-14-8-9)12-6-10-5-11(10)7-12/h1-3,8,10-12H,4-7H2. The molecule has 2 heteroatoms. The number of rotatable bonds is 3. The largest absolute Gasteiger partial charge is 0.299 e. The molecule has 2 saturated carbocycles. The van der Waals surface area contributed by atoms with E-state index in [2.05, 4.69) is 4.98 Å². The summed E-state index contributed by atoms with van der Waals surface area (Å²) in [5.74, 6) is 2.57. The van der Waals surface area contributed by atoms with E-state index in [0.717, 1.165) is 30.2 Å². The second kappa shape index (κ2) is 3.44. The summed E-state index contributed by atoms with van der Waals surface area (Å²) in [6, 6.07) is 3.88. The minimum absolute atomic E-state index is 0.356. The van der Waals surface area contributed by atoms with Crippen LogP contribution in [0.2, 0.25) is 0 Å². The molecule has 0 bridgehead atoms. The quantitative estimate of drug-likeness (QED) is 0.750. The lowest BCUT2D eigenvalue weighted by atomic mass is 9.94. The predicted molar refractivity (Wildman–Crippen MR) is 57.3 cm³/mol. The van der Waals surface area contributed by atoms with Gasteiger partial charge in [-0.25, -0.2) is 0 Å². The summed E-state index contributed by atoms with van der Waals surface area (Å²) in [5, 5.41) is 0. The zero-order chi connectivity index (χ0) is 10.3. The number of aromatic nitrogens is 1. The van der Waals surface area contributed by atoms with Crippen LogP contribution in [0, 0.1) is 17.8 Å². The van der Waals surface area contributed by atoms with Crippen molar-refractivity contribution in [1.82, 2.24) is 4.98 Å². The van der Waals surface area contributed by atoms with Crippen molar-refractivity contribution in [2.75, 3.05) is 0 Å². The van der Waals surface area contributed by atoms with Crippen molar-refractivity contribution < 1.29 is 4.79 Å². The van der Waals surface area contributed by atoms with Crippen LogP contribution in [0.4, 0.5) is 0 Å². The number of fused-ring (bicyclic) bond motifs is 1. The van der Waals surface area contributed by atoms with Crippen LogP contribution in [0.25, 0.3) is 0 Å². The van der Waals surface area contributed by atoms with E-state index >= 15 is 0 Å². The van der Waals surface area contributed by atoms with E-state index in [9.17, 15) is 4.79 Å². The van der Waals surface area contributed by atoms with Crippen LogP contribution in [-0.2, 0) is 11.2 Å². The fourth-order valence-electron chi connectivity index (χ4n) is 2.83. The molecule has 15 heavy (non-hydrogen) atoms. The highest BCUT2D eigenvalue weighted by atomic mass is 16.1. The molecule has 78 valence electrons. The average Bonchev–Trinajstić information content (AvgIpc) is 2.87. The molecule has 2 aliphatic carbocycles. The minimum atomic E-state index is 0.356. The van der Waals surface area contributed by atoms with E-state index in [4.69, 9.17) is 0 Å². The molecule has 2 nitrogen and oxygen atoms in total. The molecule has 0 aliphatic heterocycles. The topological polar surface area (TPSA) is 30.0 Å². The van der Waals surface area contributed by atoms with Crippen molar-refractivity contribution in [1.29, 1.82) is 0 Å². The predicted octanol–water partition coefficient (Wildman–Crippen LogP) is 2.24. The number of nitrogens with zero attached hydrogens (tertiary/aromatic N) is 1. The molecule has 3 rings (SSSR count). The van der Waals surface area contributed by atoms with Gasteiger partial charge in [-0.05, 0) is 42.7 Å². The minimum Gasteiger partial charge on any atom is -0.299 e. The van der Waals surface area contributed by atoms with E-state index < -0.39 is 0 Å². The monoisotopic (exact) mass is 201 g/mol. The molecular weight excluding hydrogens is 186 g/mol. The van der Waals surface area contributed by atoms with Gasteiger partial charge in [-0.3, -0.25) is 9.78 Å². The Balaban J connectivity index is 1.61. The smallest absolute Gasteiger partial charge is 0.140 e. The summed E-state index contributed by atoms with van der Waals surface area (Å²) in [6.07, 6.45) is 7.83. The highest BCUT2D eigenvalue weighted by molar-refractivity contribution is 5.83. The van der Waals surface area contributed by atoms with Crippen LogP contribution < -0.4 is 0 Å². The second-order valence-electron chi connectivity index (χ2n) is 4.93. The molecule has 0 saturated heterocycles. The summed E-state index contributed by atoms with van der Waals surface area (Å²) in [5.41, 5.74) is 1.06. The van der Waals surface area contributed by atoms with Gasteiger partial charge in [-0.1, -0.05) is 6.07 Å². The van der Waals surface area contributed by atoms with Gasteiger partial charge in [-0.2, -0.15) is 0 Å². The van der Waals surface area contributed by atoms with E-state index in [1.54, 1.807) is 12.4 Å². The fourth-order valence-corrected chi connectivity index (χ4v) is 2.83. The molecule has 1 aromatic rings. The molecule has 2 unspecified atom stereocenters. The number of Topliss-reactive ketones (excluding diaryl/α,β-unsaturated/α-hetero) is 1. The summed E-state index contributed by atoms with van der Waals surface area (Å²) in [4.78, 5) is 16.0. The maximum atomic E-state index is 12.0. The van der Waals surface area contributed by atoms with Gasteiger partial charge in [0.2, 0.25) is 0 Å². The average molecular weight is 201 g/mol. The lowest BCUT2D eigenvalue weighted by Crippen LogP contribution is -2.15. The zero-order valence-electron chi connectivity index (χ0n) is 8.73. The molecule has 2 aliphatic rings. The van der Waals surface area contributed by atoms with E-state index in [-0.39, 0.29) is 0 Å². The van der Waals surface area contributed by atoms with Gasteiger partial charge in [0.25, 0.3) is 0 Å². The summed E-state index contributed by atoms with van der Waals surface area (Å²) < 4.78 is 0. The molecular formula is C13H15NO. The zero-order valence-corrected chi connectivity index (χ0v) is 8.73. The van der Waals surface area contributed by atoms with Gasteiger partial charge in [0.15, 0.2) is 0 Å². The van der Waals surface area contributed by atoms with E-state index in [1.165, 1.54) is 6.42 Å². The number of hydrogen-bond acceptors (Lipinski definition) is 2. The SMILES string of the molecule is O=C(Cc1cccnc1)C1CC2CC2C1. The van der Waals surface area contributed by atoms with Crippen LogP contribution in [0.15, 0.2) is 24.5 Å².